The lowest BCUT2D eigenvalue weighted by Gasteiger charge is -2.24. The van der Waals surface area contributed by atoms with Crippen LogP contribution < -0.4 is 5.32 Å². The van der Waals surface area contributed by atoms with Gasteiger partial charge in [0.15, 0.2) is 0 Å². The Labute approximate surface area is 109 Å². The third kappa shape index (κ3) is 5.66. The van der Waals surface area contributed by atoms with Gasteiger partial charge in [0, 0.05) is 17.5 Å². The molecule has 1 unspecified atom stereocenters. The molecular weight excluding hydrogens is 230 g/mol. The van der Waals surface area contributed by atoms with E-state index >= 15 is 0 Å². The Morgan fingerprint density at radius 3 is 2.53 bits per heavy atom. The third-order valence-electron chi connectivity index (χ3n) is 2.52. The van der Waals surface area contributed by atoms with Gasteiger partial charge in [0.05, 0.1) is 12.2 Å². The van der Waals surface area contributed by atoms with Crippen LogP contribution in [0.15, 0.2) is 17.5 Å². The van der Waals surface area contributed by atoms with E-state index in [1.54, 1.807) is 0 Å². The molecule has 0 amide bonds. The summed E-state index contributed by atoms with van der Waals surface area (Å²) in [7, 11) is 0. The van der Waals surface area contributed by atoms with E-state index in [0.29, 0.717) is 12.0 Å². The molecule has 17 heavy (non-hydrogen) atoms. The monoisotopic (exact) mass is 255 g/mol. The normalized spacial score (nSPS) is 14.2. The Morgan fingerprint density at radius 1 is 1.35 bits per heavy atom. The van der Waals surface area contributed by atoms with Crippen LogP contribution in [-0.2, 0) is 4.74 Å². The molecule has 1 aromatic rings. The minimum atomic E-state index is -0.0437. The summed E-state index contributed by atoms with van der Waals surface area (Å²) in [4.78, 5) is 1.41. The standard InChI is InChI=1S/C14H25NOS/c1-11(2)13(12-7-6-10-17-12)15-8-9-16-14(3,4)5/h6-7,10-11,13,15H,8-9H2,1-5H3. The molecule has 1 N–H and O–H groups in total. The van der Waals surface area contributed by atoms with Crippen LogP contribution in [0.4, 0.5) is 0 Å². The zero-order valence-electron chi connectivity index (χ0n) is 11.6. The second kappa shape index (κ2) is 6.53. The fraction of sp³-hybridized carbons (Fsp3) is 0.714. The summed E-state index contributed by atoms with van der Waals surface area (Å²) >= 11 is 1.82. The smallest absolute Gasteiger partial charge is 0.0599 e. The van der Waals surface area contributed by atoms with Crippen molar-refractivity contribution in [3.05, 3.63) is 22.4 Å². The van der Waals surface area contributed by atoms with Crippen LogP contribution in [0.5, 0.6) is 0 Å². The molecule has 0 aliphatic heterocycles. The lowest BCUT2D eigenvalue weighted by Crippen LogP contribution is -2.31. The first kappa shape index (κ1) is 14.7. The highest BCUT2D eigenvalue weighted by atomic mass is 32.1. The summed E-state index contributed by atoms with van der Waals surface area (Å²) in [5.41, 5.74) is -0.0437. The molecule has 0 radical (unpaired) electrons. The largest absolute Gasteiger partial charge is 0.375 e. The van der Waals surface area contributed by atoms with E-state index in [4.69, 9.17) is 4.74 Å². The van der Waals surface area contributed by atoms with Gasteiger partial charge in [-0.25, -0.2) is 0 Å². The summed E-state index contributed by atoms with van der Waals surface area (Å²) in [6, 6.07) is 4.76. The van der Waals surface area contributed by atoms with E-state index < -0.39 is 0 Å². The van der Waals surface area contributed by atoms with Crippen LogP contribution >= 0.6 is 11.3 Å². The molecule has 0 saturated heterocycles. The van der Waals surface area contributed by atoms with E-state index in [2.05, 4.69) is 57.4 Å². The van der Waals surface area contributed by atoms with Gasteiger partial charge < -0.3 is 10.1 Å². The average Bonchev–Trinajstić information content (AvgIpc) is 2.68. The number of thiophene rings is 1. The highest BCUT2D eigenvalue weighted by Gasteiger charge is 2.16. The zero-order valence-corrected chi connectivity index (χ0v) is 12.4. The molecule has 1 heterocycles. The fourth-order valence-corrected chi connectivity index (χ4v) is 2.68. The number of hydrogen-bond donors (Lipinski definition) is 1. The molecule has 3 heteroatoms. The van der Waals surface area contributed by atoms with Gasteiger partial charge in [-0.1, -0.05) is 19.9 Å². The first-order valence-electron chi connectivity index (χ1n) is 6.31. The van der Waals surface area contributed by atoms with Crippen molar-refractivity contribution in [2.24, 2.45) is 5.92 Å². The van der Waals surface area contributed by atoms with Crippen LogP contribution in [0.1, 0.15) is 45.5 Å². The summed E-state index contributed by atoms with van der Waals surface area (Å²) < 4.78 is 5.72. The maximum atomic E-state index is 5.72. The summed E-state index contributed by atoms with van der Waals surface area (Å²) in [5.74, 6) is 0.600. The zero-order chi connectivity index (χ0) is 12.9. The topological polar surface area (TPSA) is 21.3 Å². The second-order valence-electron chi connectivity index (χ2n) is 5.65. The van der Waals surface area contributed by atoms with Gasteiger partial charge in [0.2, 0.25) is 0 Å². The SMILES string of the molecule is CC(C)C(NCCOC(C)(C)C)c1cccs1. The maximum absolute atomic E-state index is 5.72. The fourth-order valence-electron chi connectivity index (χ4n) is 1.70. The van der Waals surface area contributed by atoms with Crippen LogP contribution in [0.2, 0.25) is 0 Å². The molecule has 0 aromatic carbocycles. The van der Waals surface area contributed by atoms with E-state index in [-0.39, 0.29) is 5.60 Å². The van der Waals surface area contributed by atoms with Crippen LogP contribution in [-0.4, -0.2) is 18.8 Å². The number of nitrogens with one attached hydrogen (secondary N) is 1. The predicted octanol–water partition coefficient (Wildman–Crippen LogP) is 3.85. The molecule has 0 spiro atoms. The van der Waals surface area contributed by atoms with Gasteiger partial charge in [-0.05, 0) is 38.1 Å². The Balaban J connectivity index is 2.37. The first-order valence-corrected chi connectivity index (χ1v) is 7.19. The summed E-state index contributed by atoms with van der Waals surface area (Å²) in [6.07, 6.45) is 0. The number of hydrogen-bond acceptors (Lipinski definition) is 3. The average molecular weight is 255 g/mol. The molecule has 98 valence electrons. The van der Waals surface area contributed by atoms with Crippen molar-refractivity contribution in [2.45, 2.75) is 46.3 Å². The van der Waals surface area contributed by atoms with E-state index in [1.165, 1.54) is 4.88 Å². The molecule has 0 bridgehead atoms. The lowest BCUT2D eigenvalue weighted by atomic mass is 10.0. The molecular formula is C14H25NOS. The van der Waals surface area contributed by atoms with Gasteiger partial charge in [-0.15, -0.1) is 11.3 Å². The minimum Gasteiger partial charge on any atom is -0.375 e. The van der Waals surface area contributed by atoms with Crippen LogP contribution in [0.25, 0.3) is 0 Å². The van der Waals surface area contributed by atoms with Crippen molar-refractivity contribution in [1.82, 2.24) is 5.32 Å². The van der Waals surface area contributed by atoms with Crippen molar-refractivity contribution in [2.75, 3.05) is 13.2 Å². The predicted molar refractivity (Wildman–Crippen MR) is 75.6 cm³/mol. The number of ether oxygens (including phenoxy) is 1. The highest BCUT2D eigenvalue weighted by molar-refractivity contribution is 7.10. The Kier molecular flexibility index (Phi) is 5.63. The van der Waals surface area contributed by atoms with Crippen molar-refractivity contribution < 1.29 is 4.74 Å². The summed E-state index contributed by atoms with van der Waals surface area (Å²) in [5, 5.41) is 5.72. The second-order valence-corrected chi connectivity index (χ2v) is 6.63. The molecule has 1 rings (SSSR count). The van der Waals surface area contributed by atoms with Gasteiger partial charge in [0.1, 0.15) is 0 Å². The van der Waals surface area contributed by atoms with Crippen molar-refractivity contribution in [3.63, 3.8) is 0 Å². The van der Waals surface area contributed by atoms with E-state index in [9.17, 15) is 0 Å². The molecule has 1 atom stereocenters. The van der Waals surface area contributed by atoms with Crippen molar-refractivity contribution >= 4 is 11.3 Å². The highest BCUT2D eigenvalue weighted by Crippen LogP contribution is 2.25. The van der Waals surface area contributed by atoms with E-state index in [0.717, 1.165) is 13.2 Å². The maximum Gasteiger partial charge on any atom is 0.0599 e. The number of rotatable bonds is 6. The summed E-state index contributed by atoms with van der Waals surface area (Å²) in [6.45, 7) is 12.4. The Morgan fingerprint density at radius 2 is 2.06 bits per heavy atom. The molecule has 0 fully saturated rings. The van der Waals surface area contributed by atoms with Gasteiger partial charge in [-0.2, -0.15) is 0 Å². The molecule has 0 saturated carbocycles. The molecule has 2 nitrogen and oxygen atoms in total. The molecule has 1 aromatic heterocycles. The van der Waals surface area contributed by atoms with E-state index in [1.807, 2.05) is 11.3 Å². The van der Waals surface area contributed by atoms with Gasteiger partial charge in [-0.3, -0.25) is 0 Å². The lowest BCUT2D eigenvalue weighted by molar-refractivity contribution is -0.00203. The molecule has 0 aliphatic rings. The first-order chi connectivity index (χ1) is 7.90. The minimum absolute atomic E-state index is 0.0437. The third-order valence-corrected chi connectivity index (χ3v) is 3.47. The quantitative estimate of drug-likeness (QED) is 0.780. The van der Waals surface area contributed by atoms with Crippen molar-refractivity contribution in [1.29, 1.82) is 0 Å². The van der Waals surface area contributed by atoms with Crippen LogP contribution in [0.3, 0.4) is 0 Å². The van der Waals surface area contributed by atoms with Gasteiger partial charge >= 0.3 is 0 Å². The van der Waals surface area contributed by atoms with Gasteiger partial charge in [0.25, 0.3) is 0 Å². The molecule has 0 aliphatic carbocycles. The van der Waals surface area contributed by atoms with Crippen molar-refractivity contribution in [3.8, 4) is 0 Å². The Hall–Kier alpha value is -0.380. The Bertz CT molecular complexity index is 301. The van der Waals surface area contributed by atoms with Crippen LogP contribution in [0, 0.1) is 5.92 Å².